The number of unbranched alkanes of at least 4 members (excludes halogenated alkanes) is 8. The SMILES string of the molecule is CCCCCCCCC(CCCCCC)CN(C)C. The highest BCUT2D eigenvalue weighted by Gasteiger charge is 2.09. The molecule has 0 aliphatic carbocycles. The molecular weight excluding hydrogens is 230 g/mol. The van der Waals surface area contributed by atoms with Gasteiger partial charge in [-0.1, -0.05) is 78.1 Å². The molecule has 0 aromatic rings. The topological polar surface area (TPSA) is 3.24 Å². The maximum absolute atomic E-state index is 2.38. The normalized spacial score (nSPS) is 13.1. The number of nitrogens with zero attached hydrogens (tertiary/aromatic N) is 1. The minimum absolute atomic E-state index is 0.943. The van der Waals surface area contributed by atoms with Crippen LogP contribution in [-0.2, 0) is 0 Å². The van der Waals surface area contributed by atoms with Crippen LogP contribution in [0.3, 0.4) is 0 Å². The minimum atomic E-state index is 0.943. The highest BCUT2D eigenvalue weighted by Crippen LogP contribution is 2.19. The Morgan fingerprint density at radius 3 is 1.53 bits per heavy atom. The van der Waals surface area contributed by atoms with Gasteiger partial charge in [-0.05, 0) is 32.9 Å². The number of rotatable bonds is 14. The van der Waals surface area contributed by atoms with Gasteiger partial charge in [0.05, 0.1) is 0 Å². The van der Waals surface area contributed by atoms with Crippen LogP contribution in [0.2, 0.25) is 0 Å². The first-order valence-corrected chi connectivity index (χ1v) is 8.85. The van der Waals surface area contributed by atoms with Crippen LogP contribution in [-0.4, -0.2) is 25.5 Å². The van der Waals surface area contributed by atoms with Gasteiger partial charge in [-0.3, -0.25) is 0 Å². The molecule has 0 fully saturated rings. The Balaban J connectivity index is 3.61. The molecule has 0 aromatic heterocycles. The second-order valence-electron chi connectivity index (χ2n) is 6.53. The summed E-state index contributed by atoms with van der Waals surface area (Å²) in [6.45, 7) is 5.89. The van der Waals surface area contributed by atoms with Crippen molar-refractivity contribution in [3.63, 3.8) is 0 Å². The van der Waals surface area contributed by atoms with Gasteiger partial charge in [-0.2, -0.15) is 0 Å². The highest BCUT2D eigenvalue weighted by atomic mass is 15.1. The van der Waals surface area contributed by atoms with E-state index in [4.69, 9.17) is 0 Å². The number of hydrogen-bond acceptors (Lipinski definition) is 1. The second-order valence-corrected chi connectivity index (χ2v) is 6.53. The van der Waals surface area contributed by atoms with Gasteiger partial charge in [0.25, 0.3) is 0 Å². The zero-order chi connectivity index (χ0) is 14.3. The standard InChI is InChI=1S/C18H39N/c1-5-7-9-11-12-14-16-18(17-19(3)4)15-13-10-8-6-2/h18H,5-17H2,1-4H3. The summed E-state index contributed by atoms with van der Waals surface area (Å²) in [5.74, 6) is 0.943. The van der Waals surface area contributed by atoms with E-state index in [0.29, 0.717) is 0 Å². The summed E-state index contributed by atoms with van der Waals surface area (Å²) in [6, 6.07) is 0. The first-order chi connectivity index (χ1) is 9.20. The molecule has 0 rings (SSSR count). The van der Waals surface area contributed by atoms with Crippen molar-refractivity contribution in [2.24, 2.45) is 5.92 Å². The molecule has 1 heteroatoms. The Kier molecular flexibility index (Phi) is 14.3. The molecule has 0 N–H and O–H groups in total. The van der Waals surface area contributed by atoms with Crippen molar-refractivity contribution in [3.8, 4) is 0 Å². The molecule has 19 heavy (non-hydrogen) atoms. The van der Waals surface area contributed by atoms with E-state index in [1.54, 1.807) is 0 Å². The first kappa shape index (κ1) is 19.0. The quantitative estimate of drug-likeness (QED) is 0.356. The van der Waals surface area contributed by atoms with Crippen LogP contribution in [0.1, 0.15) is 90.9 Å². The van der Waals surface area contributed by atoms with Crippen molar-refractivity contribution in [1.82, 2.24) is 4.90 Å². The van der Waals surface area contributed by atoms with Crippen molar-refractivity contribution >= 4 is 0 Å². The molecule has 116 valence electrons. The molecule has 0 aromatic carbocycles. The van der Waals surface area contributed by atoms with Crippen LogP contribution in [0.4, 0.5) is 0 Å². The fourth-order valence-electron chi connectivity index (χ4n) is 2.92. The zero-order valence-corrected chi connectivity index (χ0v) is 14.2. The number of hydrogen-bond donors (Lipinski definition) is 0. The molecule has 1 atom stereocenters. The minimum Gasteiger partial charge on any atom is -0.309 e. The van der Waals surface area contributed by atoms with Crippen molar-refractivity contribution in [1.29, 1.82) is 0 Å². The molecule has 1 nitrogen and oxygen atoms in total. The third-order valence-corrected chi connectivity index (χ3v) is 4.06. The fourth-order valence-corrected chi connectivity index (χ4v) is 2.92. The van der Waals surface area contributed by atoms with E-state index >= 15 is 0 Å². The average Bonchev–Trinajstić information content (AvgIpc) is 2.37. The molecule has 0 bridgehead atoms. The maximum Gasteiger partial charge on any atom is 0.000356 e. The van der Waals surface area contributed by atoms with E-state index < -0.39 is 0 Å². The van der Waals surface area contributed by atoms with Gasteiger partial charge in [0.2, 0.25) is 0 Å². The molecular formula is C18H39N. The predicted octanol–water partition coefficient (Wildman–Crippen LogP) is 5.89. The highest BCUT2D eigenvalue weighted by molar-refractivity contribution is 4.63. The summed E-state index contributed by atoms with van der Waals surface area (Å²) in [4.78, 5) is 2.38. The van der Waals surface area contributed by atoms with Crippen molar-refractivity contribution < 1.29 is 0 Å². The Morgan fingerprint density at radius 1 is 0.632 bits per heavy atom. The fraction of sp³-hybridized carbons (Fsp3) is 1.00. The van der Waals surface area contributed by atoms with E-state index in [1.807, 2.05) is 0 Å². The van der Waals surface area contributed by atoms with Gasteiger partial charge in [-0.25, -0.2) is 0 Å². The Morgan fingerprint density at radius 2 is 1.05 bits per heavy atom. The van der Waals surface area contributed by atoms with Gasteiger partial charge in [-0.15, -0.1) is 0 Å². The predicted molar refractivity (Wildman–Crippen MR) is 88.8 cm³/mol. The molecule has 0 radical (unpaired) electrons. The third kappa shape index (κ3) is 14.2. The van der Waals surface area contributed by atoms with Crippen molar-refractivity contribution in [2.45, 2.75) is 90.9 Å². The van der Waals surface area contributed by atoms with Gasteiger partial charge in [0.15, 0.2) is 0 Å². The van der Waals surface area contributed by atoms with Crippen LogP contribution >= 0.6 is 0 Å². The molecule has 0 saturated heterocycles. The molecule has 0 aliphatic rings. The van der Waals surface area contributed by atoms with Crippen molar-refractivity contribution in [2.75, 3.05) is 20.6 Å². The molecule has 0 heterocycles. The zero-order valence-electron chi connectivity index (χ0n) is 14.2. The summed E-state index contributed by atoms with van der Waals surface area (Å²) in [7, 11) is 4.45. The molecule has 0 aliphatic heterocycles. The lowest BCUT2D eigenvalue weighted by atomic mass is 9.94. The van der Waals surface area contributed by atoms with E-state index in [0.717, 1.165) is 5.92 Å². The molecule has 0 amide bonds. The molecule has 1 unspecified atom stereocenters. The van der Waals surface area contributed by atoms with Gasteiger partial charge in [0, 0.05) is 6.54 Å². The summed E-state index contributed by atoms with van der Waals surface area (Å²) in [5.41, 5.74) is 0. The smallest absolute Gasteiger partial charge is 0.000356 e. The van der Waals surface area contributed by atoms with E-state index in [2.05, 4.69) is 32.8 Å². The Labute approximate surface area is 123 Å². The lowest BCUT2D eigenvalue weighted by Gasteiger charge is -2.21. The lowest BCUT2D eigenvalue weighted by molar-refractivity contribution is 0.286. The maximum atomic E-state index is 2.38. The van der Waals surface area contributed by atoms with Gasteiger partial charge in [0.1, 0.15) is 0 Å². The summed E-state index contributed by atoms with van der Waals surface area (Å²) < 4.78 is 0. The Bertz CT molecular complexity index is 165. The van der Waals surface area contributed by atoms with Crippen molar-refractivity contribution in [3.05, 3.63) is 0 Å². The van der Waals surface area contributed by atoms with E-state index in [9.17, 15) is 0 Å². The second kappa shape index (κ2) is 14.4. The van der Waals surface area contributed by atoms with E-state index in [-0.39, 0.29) is 0 Å². The van der Waals surface area contributed by atoms with Gasteiger partial charge < -0.3 is 4.90 Å². The monoisotopic (exact) mass is 269 g/mol. The van der Waals surface area contributed by atoms with Crippen LogP contribution in [0.15, 0.2) is 0 Å². The van der Waals surface area contributed by atoms with Crippen LogP contribution in [0.25, 0.3) is 0 Å². The van der Waals surface area contributed by atoms with Crippen LogP contribution in [0, 0.1) is 5.92 Å². The largest absolute Gasteiger partial charge is 0.309 e. The molecule has 0 saturated carbocycles. The van der Waals surface area contributed by atoms with Crippen LogP contribution < -0.4 is 0 Å². The molecule has 0 spiro atoms. The first-order valence-electron chi connectivity index (χ1n) is 8.85. The lowest BCUT2D eigenvalue weighted by Crippen LogP contribution is -2.21. The third-order valence-electron chi connectivity index (χ3n) is 4.06. The summed E-state index contributed by atoms with van der Waals surface area (Å²) >= 11 is 0. The Hall–Kier alpha value is -0.0400. The van der Waals surface area contributed by atoms with E-state index in [1.165, 1.54) is 83.6 Å². The summed E-state index contributed by atoms with van der Waals surface area (Å²) in [6.07, 6.45) is 17.2. The summed E-state index contributed by atoms with van der Waals surface area (Å²) in [5, 5.41) is 0. The van der Waals surface area contributed by atoms with Crippen LogP contribution in [0.5, 0.6) is 0 Å². The average molecular weight is 270 g/mol. The van der Waals surface area contributed by atoms with Gasteiger partial charge >= 0.3 is 0 Å².